The normalized spacial score (nSPS) is 18.1. The number of fused-ring (bicyclic) bond motifs is 1. The fraction of sp³-hybridized carbons (Fsp3) is 0.310. The highest BCUT2D eigenvalue weighted by molar-refractivity contribution is 5.87. The lowest BCUT2D eigenvalue weighted by Gasteiger charge is -2.38. The third-order valence-corrected chi connectivity index (χ3v) is 5.97. The lowest BCUT2D eigenvalue weighted by atomic mass is 9.95. The number of amides is 1. The van der Waals surface area contributed by atoms with Crippen LogP contribution >= 0.6 is 0 Å². The molecule has 3 aromatic rings. The average Bonchev–Trinajstić information content (AvgIpc) is 3.32. The van der Waals surface area contributed by atoms with E-state index >= 15 is 0 Å². The number of hydrogen-bond acceptors (Lipinski definition) is 6. The molecule has 0 aliphatic carbocycles. The molecule has 0 saturated carbocycles. The average molecular weight is 489 g/mol. The number of rotatable bonds is 7. The third-order valence-electron chi connectivity index (χ3n) is 5.97. The van der Waals surface area contributed by atoms with Crippen LogP contribution in [-0.4, -0.2) is 34.3 Å². The van der Waals surface area contributed by atoms with E-state index in [1.54, 1.807) is 20.8 Å². The zero-order valence-corrected chi connectivity index (χ0v) is 20.8. The van der Waals surface area contributed by atoms with Crippen molar-refractivity contribution in [2.24, 2.45) is 5.73 Å². The van der Waals surface area contributed by atoms with Gasteiger partial charge in [-0.3, -0.25) is 0 Å². The monoisotopic (exact) mass is 488 g/mol. The molecule has 7 nitrogen and oxygen atoms in total. The second kappa shape index (κ2) is 10.4. The lowest BCUT2D eigenvalue weighted by molar-refractivity contribution is -0.183. The summed E-state index contributed by atoms with van der Waals surface area (Å²) in [5.74, 6) is -0.756. The van der Waals surface area contributed by atoms with Crippen molar-refractivity contribution in [1.82, 2.24) is 4.90 Å². The molecule has 0 spiro atoms. The minimum atomic E-state index is -1.88. The standard InChI is InChI=1S/C29H32N2O5/c1-28(2,3)36-27(33)31-17-18-35-29(31,26(32)34-20-22-9-5-4-6-10-22)25(30)16-14-21-13-15-23-11-7-8-12-24(23)19-21/h4-13,15,17-19,25H,14,16,20,30H2,1-3H3/t25-,29?/m1/s1. The van der Waals surface area contributed by atoms with Crippen molar-refractivity contribution in [3.05, 3.63) is 96.4 Å². The smallest absolute Gasteiger partial charge is 0.418 e. The quantitative estimate of drug-likeness (QED) is 0.455. The number of nitrogens with zero attached hydrogens (tertiary/aromatic N) is 1. The summed E-state index contributed by atoms with van der Waals surface area (Å²) in [6, 6.07) is 22.7. The van der Waals surface area contributed by atoms with Crippen LogP contribution < -0.4 is 5.73 Å². The summed E-state index contributed by atoms with van der Waals surface area (Å²) in [6.07, 6.45) is 2.84. The van der Waals surface area contributed by atoms with E-state index < -0.39 is 29.4 Å². The molecule has 1 heterocycles. The van der Waals surface area contributed by atoms with Crippen LogP contribution in [0.1, 0.15) is 38.3 Å². The van der Waals surface area contributed by atoms with Crippen molar-refractivity contribution < 1.29 is 23.8 Å². The molecule has 1 unspecified atom stereocenters. The molecule has 4 rings (SSSR count). The van der Waals surface area contributed by atoms with Crippen LogP contribution in [0.5, 0.6) is 0 Å². The summed E-state index contributed by atoms with van der Waals surface area (Å²) in [7, 11) is 0. The Morgan fingerprint density at radius 1 is 0.972 bits per heavy atom. The second-order valence-corrected chi connectivity index (χ2v) is 9.84. The van der Waals surface area contributed by atoms with E-state index in [9.17, 15) is 9.59 Å². The van der Waals surface area contributed by atoms with Gasteiger partial charge in [0.1, 0.15) is 18.5 Å². The van der Waals surface area contributed by atoms with Crippen LogP contribution in [0, 0.1) is 0 Å². The van der Waals surface area contributed by atoms with Crippen LogP contribution in [-0.2, 0) is 32.0 Å². The predicted molar refractivity (Wildman–Crippen MR) is 138 cm³/mol. The molecule has 2 atom stereocenters. The Morgan fingerprint density at radius 2 is 1.67 bits per heavy atom. The van der Waals surface area contributed by atoms with E-state index in [2.05, 4.69) is 24.3 Å². The van der Waals surface area contributed by atoms with E-state index in [0.717, 1.165) is 26.8 Å². The van der Waals surface area contributed by atoms with Crippen LogP contribution in [0.25, 0.3) is 10.8 Å². The highest BCUT2D eigenvalue weighted by atomic mass is 16.6. The molecule has 2 N–H and O–H groups in total. The largest absolute Gasteiger partial charge is 0.461 e. The van der Waals surface area contributed by atoms with E-state index in [1.165, 1.54) is 12.5 Å². The van der Waals surface area contributed by atoms with Gasteiger partial charge in [0.15, 0.2) is 0 Å². The fourth-order valence-electron chi connectivity index (χ4n) is 4.17. The van der Waals surface area contributed by atoms with Crippen molar-refractivity contribution in [2.75, 3.05) is 0 Å². The molecule has 0 radical (unpaired) electrons. The van der Waals surface area contributed by atoms with E-state index in [1.807, 2.05) is 48.5 Å². The SMILES string of the molecule is CC(C)(C)OC(=O)N1C=COC1(C(=O)OCc1ccccc1)[C@H](N)CCc1ccc2ccccc2c1. The Labute approximate surface area is 211 Å². The summed E-state index contributed by atoms with van der Waals surface area (Å²) in [5.41, 5.74) is 5.83. The number of ether oxygens (including phenoxy) is 3. The van der Waals surface area contributed by atoms with Crippen molar-refractivity contribution in [2.45, 2.75) is 57.6 Å². The van der Waals surface area contributed by atoms with E-state index in [4.69, 9.17) is 19.9 Å². The lowest BCUT2D eigenvalue weighted by Crippen LogP contribution is -2.65. The maximum atomic E-state index is 13.5. The number of carbonyl (C=O) groups excluding carboxylic acids is 2. The van der Waals surface area contributed by atoms with E-state index in [-0.39, 0.29) is 6.61 Å². The summed E-state index contributed by atoms with van der Waals surface area (Å²) in [4.78, 5) is 27.7. The number of carbonyl (C=O) groups is 2. The highest BCUT2D eigenvalue weighted by Crippen LogP contribution is 2.33. The van der Waals surface area contributed by atoms with E-state index in [0.29, 0.717) is 12.8 Å². The molecule has 1 aliphatic rings. The number of esters is 1. The maximum Gasteiger partial charge on any atom is 0.418 e. The summed E-state index contributed by atoms with van der Waals surface area (Å²) < 4.78 is 17.0. The maximum absolute atomic E-state index is 13.5. The first-order chi connectivity index (χ1) is 17.2. The van der Waals surface area contributed by atoms with Crippen molar-refractivity contribution in [3.8, 4) is 0 Å². The highest BCUT2D eigenvalue weighted by Gasteiger charge is 2.57. The summed E-state index contributed by atoms with van der Waals surface area (Å²) in [6.45, 7) is 5.27. The Hall–Kier alpha value is -3.84. The van der Waals surface area contributed by atoms with Gasteiger partial charge < -0.3 is 19.9 Å². The summed E-state index contributed by atoms with van der Waals surface area (Å²) in [5, 5.41) is 2.26. The Balaban J connectivity index is 1.57. The van der Waals surface area contributed by atoms with Crippen LogP contribution in [0.15, 0.2) is 85.3 Å². The second-order valence-electron chi connectivity index (χ2n) is 9.84. The number of nitrogens with two attached hydrogens (primary N) is 1. The molecular formula is C29H32N2O5. The van der Waals surface area contributed by atoms with Gasteiger partial charge in [0.05, 0.1) is 6.04 Å². The molecule has 0 bridgehead atoms. The van der Waals surface area contributed by atoms with Gasteiger partial charge in [-0.25, -0.2) is 14.5 Å². The van der Waals surface area contributed by atoms with Crippen LogP contribution in [0.2, 0.25) is 0 Å². The molecule has 0 saturated heterocycles. The molecule has 36 heavy (non-hydrogen) atoms. The molecule has 1 amide bonds. The third kappa shape index (κ3) is 5.52. The minimum absolute atomic E-state index is 0.0182. The fourth-order valence-corrected chi connectivity index (χ4v) is 4.17. The van der Waals surface area contributed by atoms with Crippen LogP contribution in [0.4, 0.5) is 4.79 Å². The molecular weight excluding hydrogens is 456 g/mol. The topological polar surface area (TPSA) is 91.1 Å². The Morgan fingerprint density at radius 3 is 2.39 bits per heavy atom. The van der Waals surface area contributed by atoms with Gasteiger partial charge in [0, 0.05) is 6.20 Å². The van der Waals surface area contributed by atoms with Crippen molar-refractivity contribution >= 4 is 22.8 Å². The van der Waals surface area contributed by atoms with Gasteiger partial charge in [-0.05, 0) is 55.5 Å². The zero-order chi connectivity index (χ0) is 25.8. The van der Waals surface area contributed by atoms with Crippen molar-refractivity contribution in [1.29, 1.82) is 0 Å². The summed E-state index contributed by atoms with van der Waals surface area (Å²) >= 11 is 0. The van der Waals surface area contributed by atoms with Gasteiger partial charge >= 0.3 is 17.8 Å². The number of aryl methyl sites for hydroxylation is 1. The Bertz CT molecular complexity index is 1250. The Kier molecular flexibility index (Phi) is 7.31. The number of hydrogen-bond donors (Lipinski definition) is 1. The van der Waals surface area contributed by atoms with Crippen LogP contribution in [0.3, 0.4) is 0 Å². The molecule has 1 aliphatic heterocycles. The predicted octanol–water partition coefficient (Wildman–Crippen LogP) is 5.28. The van der Waals surface area contributed by atoms with Gasteiger partial charge in [0.25, 0.3) is 0 Å². The van der Waals surface area contributed by atoms with Gasteiger partial charge in [-0.2, -0.15) is 0 Å². The molecule has 3 aromatic carbocycles. The molecule has 0 aromatic heterocycles. The zero-order valence-electron chi connectivity index (χ0n) is 20.8. The van der Waals surface area contributed by atoms with Gasteiger partial charge in [0.2, 0.25) is 0 Å². The van der Waals surface area contributed by atoms with Gasteiger partial charge in [-0.15, -0.1) is 0 Å². The molecule has 188 valence electrons. The number of benzene rings is 3. The first-order valence-electron chi connectivity index (χ1n) is 12.0. The van der Waals surface area contributed by atoms with Crippen molar-refractivity contribution in [3.63, 3.8) is 0 Å². The van der Waals surface area contributed by atoms with Gasteiger partial charge in [-0.1, -0.05) is 72.8 Å². The molecule has 7 heteroatoms. The first kappa shape index (κ1) is 25.3. The molecule has 0 fully saturated rings. The first-order valence-corrected chi connectivity index (χ1v) is 12.0. The minimum Gasteiger partial charge on any atom is -0.461 e.